The normalized spacial score (nSPS) is 13.8. The molecule has 7 heteroatoms. The SMILES string of the molecule is Cc1ccc(-c2nc(C)c(C(=O)NC(C)(CC(=O)O)C(C)C)s2)o1. The van der Waals surface area contributed by atoms with Gasteiger partial charge in [-0.25, -0.2) is 4.98 Å². The zero-order valence-electron chi connectivity index (χ0n) is 14.5. The summed E-state index contributed by atoms with van der Waals surface area (Å²) in [6.45, 7) is 9.13. The Balaban J connectivity index is 2.26. The Morgan fingerprint density at radius 3 is 2.54 bits per heavy atom. The number of thiazole rings is 1. The fourth-order valence-electron chi connectivity index (χ4n) is 2.28. The average Bonchev–Trinajstić information content (AvgIpc) is 3.03. The minimum absolute atomic E-state index is 0.0297. The summed E-state index contributed by atoms with van der Waals surface area (Å²) in [4.78, 5) is 28.6. The molecular formula is C17H22N2O4S. The van der Waals surface area contributed by atoms with Crippen LogP contribution in [-0.2, 0) is 4.79 Å². The second kappa shape index (κ2) is 6.76. The van der Waals surface area contributed by atoms with E-state index in [1.54, 1.807) is 13.8 Å². The molecule has 6 nitrogen and oxygen atoms in total. The number of rotatable bonds is 6. The van der Waals surface area contributed by atoms with Crippen LogP contribution in [0.3, 0.4) is 0 Å². The minimum atomic E-state index is -0.945. The molecule has 24 heavy (non-hydrogen) atoms. The van der Waals surface area contributed by atoms with Gasteiger partial charge in [0.15, 0.2) is 10.8 Å². The van der Waals surface area contributed by atoms with E-state index in [1.807, 2.05) is 32.9 Å². The van der Waals surface area contributed by atoms with Crippen LogP contribution in [0.15, 0.2) is 16.5 Å². The lowest BCUT2D eigenvalue weighted by Gasteiger charge is -2.33. The second-order valence-corrected chi connectivity index (χ2v) is 7.44. The Labute approximate surface area is 144 Å². The molecular weight excluding hydrogens is 328 g/mol. The zero-order chi connectivity index (χ0) is 18.1. The maximum atomic E-state index is 12.7. The van der Waals surface area contributed by atoms with E-state index in [9.17, 15) is 9.59 Å². The van der Waals surface area contributed by atoms with Crippen LogP contribution in [0.2, 0.25) is 0 Å². The van der Waals surface area contributed by atoms with Gasteiger partial charge in [-0.2, -0.15) is 0 Å². The number of nitrogens with zero attached hydrogens (tertiary/aromatic N) is 1. The number of aromatic nitrogens is 1. The summed E-state index contributed by atoms with van der Waals surface area (Å²) in [5.41, 5.74) is -0.233. The first kappa shape index (κ1) is 18.2. The van der Waals surface area contributed by atoms with E-state index in [2.05, 4.69) is 10.3 Å². The van der Waals surface area contributed by atoms with E-state index < -0.39 is 11.5 Å². The molecule has 2 heterocycles. The van der Waals surface area contributed by atoms with Gasteiger partial charge in [0.1, 0.15) is 10.6 Å². The molecule has 0 aliphatic heterocycles. The third-order valence-electron chi connectivity index (χ3n) is 4.15. The predicted molar refractivity (Wildman–Crippen MR) is 92.3 cm³/mol. The average molecular weight is 350 g/mol. The highest BCUT2D eigenvalue weighted by Crippen LogP contribution is 2.30. The van der Waals surface area contributed by atoms with Gasteiger partial charge >= 0.3 is 5.97 Å². The van der Waals surface area contributed by atoms with Crippen LogP contribution >= 0.6 is 11.3 Å². The monoisotopic (exact) mass is 350 g/mol. The van der Waals surface area contributed by atoms with E-state index in [-0.39, 0.29) is 18.2 Å². The number of amides is 1. The van der Waals surface area contributed by atoms with Crippen LogP contribution in [0.4, 0.5) is 0 Å². The predicted octanol–water partition coefficient (Wildman–Crippen LogP) is 3.64. The van der Waals surface area contributed by atoms with Gasteiger partial charge < -0.3 is 14.8 Å². The van der Waals surface area contributed by atoms with Crippen molar-refractivity contribution in [2.75, 3.05) is 0 Å². The van der Waals surface area contributed by atoms with Gasteiger partial charge in [0.25, 0.3) is 5.91 Å². The number of carbonyl (C=O) groups excluding carboxylic acids is 1. The van der Waals surface area contributed by atoms with Crippen molar-refractivity contribution >= 4 is 23.2 Å². The summed E-state index contributed by atoms with van der Waals surface area (Å²) >= 11 is 1.24. The first-order chi connectivity index (χ1) is 11.1. The van der Waals surface area contributed by atoms with Gasteiger partial charge in [-0.3, -0.25) is 9.59 Å². The Morgan fingerprint density at radius 1 is 1.38 bits per heavy atom. The molecule has 0 saturated heterocycles. The van der Waals surface area contributed by atoms with E-state index >= 15 is 0 Å². The van der Waals surface area contributed by atoms with E-state index in [1.165, 1.54) is 11.3 Å². The summed E-state index contributed by atoms with van der Waals surface area (Å²) in [6.07, 6.45) is -0.140. The number of carbonyl (C=O) groups is 2. The molecule has 1 unspecified atom stereocenters. The third kappa shape index (κ3) is 3.84. The van der Waals surface area contributed by atoms with Gasteiger partial charge in [-0.05, 0) is 38.8 Å². The largest absolute Gasteiger partial charge is 0.481 e. The number of nitrogens with one attached hydrogen (secondary N) is 1. The number of aryl methyl sites for hydroxylation is 2. The lowest BCUT2D eigenvalue weighted by Crippen LogP contribution is -2.51. The summed E-state index contributed by atoms with van der Waals surface area (Å²) in [5, 5.41) is 12.6. The summed E-state index contributed by atoms with van der Waals surface area (Å²) in [5.74, 6) is 0.115. The van der Waals surface area contributed by atoms with Crippen molar-refractivity contribution in [3.63, 3.8) is 0 Å². The molecule has 0 radical (unpaired) electrons. The number of hydrogen-bond acceptors (Lipinski definition) is 5. The Morgan fingerprint density at radius 2 is 2.04 bits per heavy atom. The first-order valence-corrected chi connectivity index (χ1v) is 8.52. The van der Waals surface area contributed by atoms with Crippen molar-refractivity contribution in [3.8, 4) is 10.8 Å². The van der Waals surface area contributed by atoms with Gasteiger partial charge in [0, 0.05) is 0 Å². The summed E-state index contributed by atoms with van der Waals surface area (Å²) in [6, 6.07) is 3.66. The molecule has 2 N–H and O–H groups in total. The quantitative estimate of drug-likeness (QED) is 0.830. The van der Waals surface area contributed by atoms with Crippen LogP contribution in [0.1, 0.15) is 48.3 Å². The Kier molecular flexibility index (Phi) is 5.13. The van der Waals surface area contributed by atoms with Crippen LogP contribution < -0.4 is 5.32 Å². The minimum Gasteiger partial charge on any atom is -0.481 e. The zero-order valence-corrected chi connectivity index (χ0v) is 15.3. The molecule has 0 saturated carbocycles. The fraction of sp³-hybridized carbons (Fsp3) is 0.471. The lowest BCUT2D eigenvalue weighted by molar-refractivity contribution is -0.138. The molecule has 0 aliphatic rings. The van der Waals surface area contributed by atoms with Crippen molar-refractivity contribution in [1.82, 2.24) is 10.3 Å². The van der Waals surface area contributed by atoms with E-state index in [0.29, 0.717) is 21.3 Å². The molecule has 1 atom stereocenters. The summed E-state index contributed by atoms with van der Waals surface area (Å²) < 4.78 is 5.55. The van der Waals surface area contributed by atoms with E-state index in [4.69, 9.17) is 9.52 Å². The van der Waals surface area contributed by atoms with Crippen molar-refractivity contribution in [2.24, 2.45) is 5.92 Å². The van der Waals surface area contributed by atoms with Crippen LogP contribution in [0.5, 0.6) is 0 Å². The molecule has 0 aliphatic carbocycles. The molecule has 2 rings (SSSR count). The maximum absolute atomic E-state index is 12.7. The molecule has 0 aromatic carbocycles. The lowest BCUT2D eigenvalue weighted by atomic mass is 9.85. The number of carboxylic acid groups (broad SMARTS) is 1. The number of aliphatic carboxylic acids is 1. The van der Waals surface area contributed by atoms with Crippen molar-refractivity contribution in [3.05, 3.63) is 28.5 Å². The highest BCUT2D eigenvalue weighted by Gasteiger charge is 2.34. The highest BCUT2D eigenvalue weighted by atomic mass is 32.1. The van der Waals surface area contributed by atoms with Crippen LogP contribution in [-0.4, -0.2) is 27.5 Å². The van der Waals surface area contributed by atoms with Crippen LogP contribution in [0, 0.1) is 19.8 Å². The molecule has 0 spiro atoms. The number of hydrogen-bond donors (Lipinski definition) is 2. The van der Waals surface area contributed by atoms with Crippen molar-refractivity contribution in [1.29, 1.82) is 0 Å². The smallest absolute Gasteiger partial charge is 0.305 e. The van der Waals surface area contributed by atoms with Gasteiger partial charge in [-0.1, -0.05) is 13.8 Å². The fourth-order valence-corrected chi connectivity index (χ4v) is 3.21. The summed E-state index contributed by atoms with van der Waals surface area (Å²) in [7, 11) is 0. The first-order valence-electron chi connectivity index (χ1n) is 7.71. The van der Waals surface area contributed by atoms with Crippen molar-refractivity contribution in [2.45, 2.75) is 46.6 Å². The van der Waals surface area contributed by atoms with E-state index in [0.717, 1.165) is 5.76 Å². The third-order valence-corrected chi connectivity index (χ3v) is 5.32. The molecule has 2 aromatic heterocycles. The molecule has 1 amide bonds. The Hall–Kier alpha value is -2.15. The Bertz CT molecular complexity index is 762. The van der Waals surface area contributed by atoms with Gasteiger partial charge in [0.05, 0.1) is 17.7 Å². The molecule has 2 aromatic rings. The van der Waals surface area contributed by atoms with Gasteiger partial charge in [0.2, 0.25) is 0 Å². The highest BCUT2D eigenvalue weighted by molar-refractivity contribution is 7.17. The molecule has 0 fully saturated rings. The van der Waals surface area contributed by atoms with Crippen LogP contribution in [0.25, 0.3) is 10.8 Å². The van der Waals surface area contributed by atoms with Crippen molar-refractivity contribution < 1.29 is 19.1 Å². The standard InChI is InChI=1S/C17H22N2O4S/c1-9(2)17(5,8-13(20)21)19-15(22)14-11(4)18-16(24-14)12-7-6-10(3)23-12/h6-7,9H,8H2,1-5H3,(H,19,22)(H,20,21). The molecule has 130 valence electrons. The number of carboxylic acids is 1. The number of furan rings is 1. The second-order valence-electron chi connectivity index (χ2n) is 6.44. The van der Waals surface area contributed by atoms with Gasteiger partial charge in [-0.15, -0.1) is 11.3 Å². The molecule has 0 bridgehead atoms. The maximum Gasteiger partial charge on any atom is 0.305 e. The topological polar surface area (TPSA) is 92.4 Å².